The van der Waals surface area contributed by atoms with Gasteiger partial charge >= 0.3 is 0 Å². The second-order valence-corrected chi connectivity index (χ2v) is 6.13. The van der Waals surface area contributed by atoms with E-state index in [0.29, 0.717) is 5.11 Å². The van der Waals surface area contributed by atoms with Crippen molar-refractivity contribution in [1.29, 1.82) is 0 Å². The number of hydrogen-bond acceptors (Lipinski definition) is 3. The summed E-state index contributed by atoms with van der Waals surface area (Å²) in [6.45, 7) is 10.1. The average molecular weight is 293 g/mol. The molecule has 0 unspecified atom stereocenters. The van der Waals surface area contributed by atoms with E-state index in [4.69, 9.17) is 17.0 Å². The minimum absolute atomic E-state index is 0.0888. The number of hydrogen-bond donors (Lipinski definition) is 2. The van der Waals surface area contributed by atoms with Crippen molar-refractivity contribution in [2.45, 2.75) is 40.2 Å². The number of methoxy groups -OCH3 is 1. The van der Waals surface area contributed by atoms with Crippen LogP contribution in [0.25, 0.3) is 0 Å². The van der Waals surface area contributed by atoms with Gasteiger partial charge in [0.15, 0.2) is 5.11 Å². The number of benzene rings is 1. The van der Waals surface area contributed by atoms with Crippen LogP contribution in [0.2, 0.25) is 0 Å². The van der Waals surface area contributed by atoms with Crippen molar-refractivity contribution in [3.05, 3.63) is 29.3 Å². The summed E-state index contributed by atoms with van der Waals surface area (Å²) in [6.07, 6.45) is 0. The van der Waals surface area contributed by atoms with Crippen LogP contribution in [0.1, 0.15) is 38.8 Å². The number of ether oxygens (including phenoxy) is 1. The summed E-state index contributed by atoms with van der Waals surface area (Å²) in [5, 5.41) is 7.96. The number of nitrogens with one attached hydrogen (secondary N) is 2. The first-order valence-electron chi connectivity index (χ1n) is 6.50. The van der Waals surface area contributed by atoms with E-state index in [1.165, 1.54) is 0 Å². The van der Waals surface area contributed by atoms with Crippen LogP contribution < -0.4 is 15.5 Å². The monoisotopic (exact) mass is 293 g/mol. The second-order valence-electron chi connectivity index (χ2n) is 5.72. The van der Waals surface area contributed by atoms with Crippen LogP contribution in [-0.2, 0) is 0 Å². The fourth-order valence-corrected chi connectivity index (χ4v) is 2.02. The van der Waals surface area contributed by atoms with Crippen LogP contribution in [0.3, 0.4) is 0 Å². The summed E-state index contributed by atoms with van der Waals surface area (Å²) in [5.74, 6) is 0.799. The van der Waals surface area contributed by atoms with Gasteiger partial charge in [-0.2, -0.15) is 5.10 Å². The van der Waals surface area contributed by atoms with E-state index in [1.54, 1.807) is 7.11 Å². The van der Waals surface area contributed by atoms with E-state index in [1.807, 2.05) is 52.8 Å². The van der Waals surface area contributed by atoms with E-state index >= 15 is 0 Å². The van der Waals surface area contributed by atoms with Gasteiger partial charge in [-0.15, -0.1) is 0 Å². The topological polar surface area (TPSA) is 45.6 Å². The highest BCUT2D eigenvalue weighted by atomic mass is 32.1. The Balaban J connectivity index is 2.84. The van der Waals surface area contributed by atoms with Crippen LogP contribution in [0, 0.1) is 6.92 Å². The van der Waals surface area contributed by atoms with Crippen molar-refractivity contribution in [2.24, 2.45) is 5.10 Å². The molecule has 0 saturated carbocycles. The van der Waals surface area contributed by atoms with Crippen LogP contribution in [0.15, 0.2) is 23.3 Å². The SMILES string of the molecule is COc1ccc(C)cc1/C(C)=N\NC(=S)NC(C)(C)C. The fraction of sp³-hybridized carbons (Fsp3) is 0.467. The molecule has 0 spiro atoms. The third kappa shape index (κ3) is 5.17. The third-order valence-electron chi connectivity index (χ3n) is 2.56. The number of thiocarbonyl (C=S) groups is 1. The molecule has 1 aromatic carbocycles. The molecule has 0 heterocycles. The molecule has 0 atom stereocenters. The zero-order valence-corrected chi connectivity index (χ0v) is 13.8. The highest BCUT2D eigenvalue weighted by Gasteiger charge is 2.11. The fourth-order valence-electron chi connectivity index (χ4n) is 1.67. The predicted molar refractivity (Wildman–Crippen MR) is 88.6 cm³/mol. The second kappa shape index (κ2) is 6.70. The Morgan fingerprint density at radius 2 is 1.95 bits per heavy atom. The zero-order chi connectivity index (χ0) is 15.3. The van der Waals surface area contributed by atoms with E-state index < -0.39 is 0 Å². The van der Waals surface area contributed by atoms with Crippen LogP contribution in [-0.4, -0.2) is 23.5 Å². The molecule has 0 aliphatic heterocycles. The van der Waals surface area contributed by atoms with Gasteiger partial charge in [-0.25, -0.2) is 0 Å². The number of aryl methyl sites for hydroxylation is 1. The normalized spacial score (nSPS) is 12.0. The Hall–Kier alpha value is -1.62. The third-order valence-corrected chi connectivity index (χ3v) is 2.75. The zero-order valence-electron chi connectivity index (χ0n) is 13.0. The summed E-state index contributed by atoms with van der Waals surface area (Å²) in [4.78, 5) is 0. The van der Waals surface area contributed by atoms with E-state index in [9.17, 15) is 0 Å². The van der Waals surface area contributed by atoms with E-state index in [-0.39, 0.29) is 5.54 Å². The molecule has 1 aromatic rings. The molecule has 4 nitrogen and oxygen atoms in total. The molecular weight excluding hydrogens is 270 g/mol. The molecule has 0 amide bonds. The van der Waals surface area contributed by atoms with Crippen molar-refractivity contribution < 1.29 is 4.74 Å². The van der Waals surface area contributed by atoms with Gasteiger partial charge in [0.1, 0.15) is 5.75 Å². The maximum absolute atomic E-state index is 5.35. The lowest BCUT2D eigenvalue weighted by atomic mass is 10.1. The first-order chi connectivity index (χ1) is 9.23. The summed E-state index contributed by atoms with van der Waals surface area (Å²) < 4.78 is 5.35. The minimum atomic E-state index is -0.0888. The average Bonchev–Trinajstić information content (AvgIpc) is 2.33. The molecule has 0 fully saturated rings. The van der Waals surface area contributed by atoms with Crippen LogP contribution in [0.4, 0.5) is 0 Å². The minimum Gasteiger partial charge on any atom is -0.496 e. The lowest BCUT2D eigenvalue weighted by molar-refractivity contribution is 0.414. The molecular formula is C15H23N3OS. The Labute approximate surface area is 126 Å². The van der Waals surface area contributed by atoms with Crippen molar-refractivity contribution in [3.63, 3.8) is 0 Å². The van der Waals surface area contributed by atoms with Crippen molar-refractivity contribution in [2.75, 3.05) is 7.11 Å². The van der Waals surface area contributed by atoms with Gasteiger partial charge in [0.2, 0.25) is 0 Å². The summed E-state index contributed by atoms with van der Waals surface area (Å²) in [7, 11) is 1.65. The number of rotatable bonds is 3. The highest BCUT2D eigenvalue weighted by molar-refractivity contribution is 7.80. The van der Waals surface area contributed by atoms with Crippen LogP contribution in [0.5, 0.6) is 5.75 Å². The molecule has 5 heteroatoms. The van der Waals surface area contributed by atoms with Crippen molar-refractivity contribution in [3.8, 4) is 5.75 Å². The standard InChI is InChI=1S/C15H23N3OS/c1-10-7-8-13(19-6)12(9-10)11(2)17-18-14(20)16-15(3,4)5/h7-9H,1-6H3,(H2,16,18,20)/b17-11-. The largest absolute Gasteiger partial charge is 0.496 e. The Bertz CT molecular complexity index is 518. The summed E-state index contributed by atoms with van der Waals surface area (Å²) in [5.41, 5.74) is 5.71. The Kier molecular flexibility index (Phi) is 5.51. The molecule has 0 saturated heterocycles. The van der Waals surface area contributed by atoms with E-state index in [0.717, 1.165) is 22.6 Å². The lowest BCUT2D eigenvalue weighted by Crippen LogP contribution is -2.44. The first-order valence-corrected chi connectivity index (χ1v) is 6.91. The predicted octanol–water partition coefficient (Wildman–Crippen LogP) is 2.99. The van der Waals surface area contributed by atoms with Crippen LogP contribution >= 0.6 is 12.2 Å². The van der Waals surface area contributed by atoms with Gasteiger partial charge in [0.25, 0.3) is 0 Å². The molecule has 1 rings (SSSR count). The van der Waals surface area contributed by atoms with Gasteiger partial charge in [0, 0.05) is 11.1 Å². The molecule has 0 bridgehead atoms. The quantitative estimate of drug-likeness (QED) is 0.511. The molecule has 0 radical (unpaired) electrons. The molecule has 20 heavy (non-hydrogen) atoms. The molecule has 0 aliphatic carbocycles. The molecule has 2 N–H and O–H groups in total. The van der Waals surface area contributed by atoms with Gasteiger partial charge in [-0.05, 0) is 59.0 Å². The van der Waals surface area contributed by atoms with Gasteiger partial charge in [0.05, 0.1) is 12.8 Å². The summed E-state index contributed by atoms with van der Waals surface area (Å²) in [6, 6.07) is 5.99. The summed E-state index contributed by atoms with van der Waals surface area (Å²) >= 11 is 5.20. The molecule has 0 aliphatic rings. The van der Waals surface area contributed by atoms with Gasteiger partial charge in [-0.1, -0.05) is 11.6 Å². The lowest BCUT2D eigenvalue weighted by Gasteiger charge is -2.21. The maximum atomic E-state index is 5.35. The maximum Gasteiger partial charge on any atom is 0.187 e. The highest BCUT2D eigenvalue weighted by Crippen LogP contribution is 2.20. The number of nitrogens with zero attached hydrogens (tertiary/aromatic N) is 1. The Morgan fingerprint density at radius 1 is 1.30 bits per heavy atom. The first kappa shape index (κ1) is 16.4. The van der Waals surface area contributed by atoms with Crippen molar-refractivity contribution >= 4 is 23.0 Å². The smallest absolute Gasteiger partial charge is 0.187 e. The molecule has 110 valence electrons. The van der Waals surface area contributed by atoms with Crippen molar-refractivity contribution in [1.82, 2.24) is 10.7 Å². The van der Waals surface area contributed by atoms with Gasteiger partial charge < -0.3 is 10.1 Å². The van der Waals surface area contributed by atoms with Gasteiger partial charge in [-0.3, -0.25) is 5.43 Å². The molecule has 0 aromatic heterocycles. The van der Waals surface area contributed by atoms with E-state index in [2.05, 4.69) is 15.8 Å². The Morgan fingerprint density at radius 3 is 2.50 bits per heavy atom. The number of hydrazone groups is 1.